The van der Waals surface area contributed by atoms with E-state index in [2.05, 4.69) is 22.3 Å². The maximum atomic E-state index is 5.89. The molecule has 1 saturated heterocycles. The molecule has 0 spiro atoms. The number of benzene rings is 1. The van der Waals surface area contributed by atoms with Gasteiger partial charge in [-0.15, -0.1) is 0 Å². The summed E-state index contributed by atoms with van der Waals surface area (Å²) < 4.78 is 17.2. The minimum Gasteiger partial charge on any atom is -0.490 e. The van der Waals surface area contributed by atoms with Crippen molar-refractivity contribution in [1.29, 1.82) is 0 Å². The SMILES string of the molecule is CCOc1ccc(CNCC2CN(C3CC3)CCO2)cc1OCC. The Labute approximate surface area is 145 Å². The van der Waals surface area contributed by atoms with E-state index in [1.807, 2.05) is 19.9 Å². The first kappa shape index (κ1) is 17.5. The fourth-order valence-corrected chi connectivity index (χ4v) is 3.22. The van der Waals surface area contributed by atoms with Crippen molar-refractivity contribution < 1.29 is 14.2 Å². The lowest BCUT2D eigenvalue weighted by Gasteiger charge is -2.33. The van der Waals surface area contributed by atoms with Gasteiger partial charge in [-0.2, -0.15) is 0 Å². The molecule has 1 aromatic rings. The highest BCUT2D eigenvalue weighted by Gasteiger charge is 2.32. The third kappa shape index (κ3) is 4.85. The monoisotopic (exact) mass is 334 g/mol. The summed E-state index contributed by atoms with van der Waals surface area (Å²) >= 11 is 0. The molecule has 1 heterocycles. The van der Waals surface area contributed by atoms with E-state index in [4.69, 9.17) is 14.2 Å². The summed E-state index contributed by atoms with van der Waals surface area (Å²) in [6, 6.07) is 6.99. The van der Waals surface area contributed by atoms with Crippen molar-refractivity contribution >= 4 is 0 Å². The van der Waals surface area contributed by atoms with E-state index >= 15 is 0 Å². The van der Waals surface area contributed by atoms with Gasteiger partial charge in [0.25, 0.3) is 0 Å². The van der Waals surface area contributed by atoms with Crippen molar-refractivity contribution in [3.63, 3.8) is 0 Å². The maximum absolute atomic E-state index is 5.89. The number of hydrogen-bond donors (Lipinski definition) is 1. The van der Waals surface area contributed by atoms with Crippen LogP contribution in [-0.2, 0) is 11.3 Å². The molecule has 134 valence electrons. The van der Waals surface area contributed by atoms with Crippen molar-refractivity contribution in [3.05, 3.63) is 23.8 Å². The highest BCUT2D eigenvalue weighted by molar-refractivity contribution is 5.43. The van der Waals surface area contributed by atoms with Gasteiger partial charge in [-0.25, -0.2) is 0 Å². The van der Waals surface area contributed by atoms with Gasteiger partial charge in [-0.1, -0.05) is 6.07 Å². The van der Waals surface area contributed by atoms with Gasteiger partial charge in [0.1, 0.15) is 0 Å². The van der Waals surface area contributed by atoms with Crippen LogP contribution >= 0.6 is 0 Å². The standard InChI is InChI=1S/C19H30N2O3/c1-3-22-18-8-5-15(11-19(18)23-4-2)12-20-13-17-14-21(9-10-24-17)16-6-7-16/h5,8,11,16-17,20H,3-4,6-7,9-10,12-14H2,1-2H3. The van der Waals surface area contributed by atoms with Gasteiger partial charge in [0, 0.05) is 32.2 Å². The molecule has 5 nitrogen and oxygen atoms in total. The Morgan fingerprint density at radius 1 is 1.17 bits per heavy atom. The lowest BCUT2D eigenvalue weighted by atomic mass is 10.2. The van der Waals surface area contributed by atoms with E-state index in [0.29, 0.717) is 19.3 Å². The minimum absolute atomic E-state index is 0.299. The van der Waals surface area contributed by atoms with Gasteiger partial charge < -0.3 is 19.5 Å². The Kier molecular flexibility index (Phi) is 6.35. The number of morpholine rings is 1. The fourth-order valence-electron chi connectivity index (χ4n) is 3.22. The first-order chi connectivity index (χ1) is 11.8. The van der Waals surface area contributed by atoms with Crippen molar-refractivity contribution in [2.75, 3.05) is 39.5 Å². The molecule has 0 radical (unpaired) electrons. The molecule has 1 N–H and O–H groups in total. The topological polar surface area (TPSA) is 43.0 Å². The first-order valence-corrected chi connectivity index (χ1v) is 9.25. The predicted octanol–water partition coefficient (Wildman–Crippen LogP) is 2.44. The third-order valence-electron chi connectivity index (χ3n) is 4.54. The normalized spacial score (nSPS) is 21.7. The molecule has 1 aromatic carbocycles. The lowest BCUT2D eigenvalue weighted by molar-refractivity contribution is -0.0301. The molecule has 0 amide bonds. The summed E-state index contributed by atoms with van der Waals surface area (Å²) in [5.74, 6) is 1.64. The highest BCUT2D eigenvalue weighted by Crippen LogP contribution is 2.29. The van der Waals surface area contributed by atoms with Crippen LogP contribution in [0.1, 0.15) is 32.3 Å². The van der Waals surface area contributed by atoms with Crippen LogP contribution in [0.15, 0.2) is 18.2 Å². The molecule has 1 atom stereocenters. The molecule has 5 heteroatoms. The third-order valence-corrected chi connectivity index (χ3v) is 4.54. The van der Waals surface area contributed by atoms with E-state index < -0.39 is 0 Å². The van der Waals surface area contributed by atoms with Crippen molar-refractivity contribution in [2.24, 2.45) is 0 Å². The zero-order valence-electron chi connectivity index (χ0n) is 14.9. The van der Waals surface area contributed by atoms with Crippen LogP contribution in [0, 0.1) is 0 Å². The van der Waals surface area contributed by atoms with Crippen LogP contribution in [0.5, 0.6) is 11.5 Å². The maximum Gasteiger partial charge on any atom is 0.161 e. The van der Waals surface area contributed by atoms with Gasteiger partial charge in [-0.3, -0.25) is 4.90 Å². The predicted molar refractivity (Wildman–Crippen MR) is 94.8 cm³/mol. The van der Waals surface area contributed by atoms with Crippen LogP contribution in [0.25, 0.3) is 0 Å². The summed E-state index contributed by atoms with van der Waals surface area (Å²) in [5, 5.41) is 3.52. The molecule has 1 unspecified atom stereocenters. The second kappa shape index (κ2) is 8.70. The van der Waals surface area contributed by atoms with Crippen LogP contribution in [-0.4, -0.2) is 56.5 Å². The quantitative estimate of drug-likeness (QED) is 0.751. The number of nitrogens with zero attached hydrogens (tertiary/aromatic N) is 1. The van der Waals surface area contributed by atoms with E-state index in [1.54, 1.807) is 0 Å². The average molecular weight is 334 g/mol. The van der Waals surface area contributed by atoms with E-state index in [9.17, 15) is 0 Å². The molecule has 0 aromatic heterocycles. The summed E-state index contributed by atoms with van der Waals surface area (Å²) in [4.78, 5) is 2.58. The van der Waals surface area contributed by atoms with Crippen molar-refractivity contribution in [1.82, 2.24) is 10.2 Å². The Hall–Kier alpha value is -1.30. The highest BCUT2D eigenvalue weighted by atomic mass is 16.5. The molecular weight excluding hydrogens is 304 g/mol. The van der Waals surface area contributed by atoms with Crippen LogP contribution in [0.2, 0.25) is 0 Å². The largest absolute Gasteiger partial charge is 0.490 e. The van der Waals surface area contributed by atoms with Gasteiger partial charge in [0.2, 0.25) is 0 Å². The molecular formula is C19H30N2O3. The van der Waals surface area contributed by atoms with Gasteiger partial charge in [0.15, 0.2) is 11.5 Å². The summed E-state index contributed by atoms with van der Waals surface area (Å²) in [6.07, 6.45) is 3.03. The summed E-state index contributed by atoms with van der Waals surface area (Å²) in [5.41, 5.74) is 1.21. The zero-order valence-corrected chi connectivity index (χ0v) is 14.9. The molecule has 24 heavy (non-hydrogen) atoms. The number of rotatable bonds is 9. The second-order valence-corrected chi connectivity index (χ2v) is 6.50. The van der Waals surface area contributed by atoms with E-state index in [0.717, 1.165) is 50.3 Å². The smallest absolute Gasteiger partial charge is 0.161 e. The Morgan fingerprint density at radius 3 is 2.71 bits per heavy atom. The summed E-state index contributed by atoms with van der Waals surface area (Å²) in [6.45, 7) is 9.99. The van der Waals surface area contributed by atoms with Crippen molar-refractivity contribution in [2.45, 2.75) is 45.4 Å². The zero-order chi connectivity index (χ0) is 16.8. The molecule has 0 bridgehead atoms. The number of ether oxygens (including phenoxy) is 3. The van der Waals surface area contributed by atoms with Gasteiger partial charge >= 0.3 is 0 Å². The second-order valence-electron chi connectivity index (χ2n) is 6.50. The van der Waals surface area contributed by atoms with E-state index in [-0.39, 0.29) is 0 Å². The molecule has 1 aliphatic carbocycles. The Bertz CT molecular complexity index is 519. The lowest BCUT2D eigenvalue weighted by Crippen LogP contribution is -2.47. The van der Waals surface area contributed by atoms with Crippen LogP contribution in [0.3, 0.4) is 0 Å². The molecule has 2 fully saturated rings. The average Bonchev–Trinajstić information content (AvgIpc) is 3.43. The molecule has 1 aliphatic heterocycles. The molecule has 3 rings (SSSR count). The van der Waals surface area contributed by atoms with E-state index in [1.165, 1.54) is 18.4 Å². The van der Waals surface area contributed by atoms with Crippen LogP contribution < -0.4 is 14.8 Å². The van der Waals surface area contributed by atoms with Gasteiger partial charge in [0.05, 0.1) is 25.9 Å². The van der Waals surface area contributed by atoms with Crippen LogP contribution in [0.4, 0.5) is 0 Å². The molecule has 2 aliphatic rings. The Balaban J connectivity index is 1.47. The number of nitrogens with one attached hydrogen (secondary N) is 1. The Morgan fingerprint density at radius 2 is 1.96 bits per heavy atom. The molecule has 1 saturated carbocycles. The first-order valence-electron chi connectivity index (χ1n) is 9.25. The number of hydrogen-bond acceptors (Lipinski definition) is 5. The van der Waals surface area contributed by atoms with Gasteiger partial charge in [-0.05, 0) is 44.4 Å². The fraction of sp³-hybridized carbons (Fsp3) is 0.684. The summed E-state index contributed by atoms with van der Waals surface area (Å²) in [7, 11) is 0. The van der Waals surface area contributed by atoms with Crippen molar-refractivity contribution in [3.8, 4) is 11.5 Å². The minimum atomic E-state index is 0.299.